The molecular weight excluding hydrogens is 376 g/mol. The highest BCUT2D eigenvalue weighted by atomic mass is 32.1. The molecule has 0 unspecified atom stereocenters. The van der Waals surface area contributed by atoms with Gasteiger partial charge in [-0.3, -0.25) is 19.3 Å². The Morgan fingerprint density at radius 1 is 1.18 bits per heavy atom. The topological polar surface area (TPSA) is 75.7 Å². The SMILES string of the molecule is O=C(CN1C(=O)COc2ccc(C(=O)c3cccs3)cc21)NC1CCCCC1. The maximum atomic E-state index is 12.7. The highest BCUT2D eigenvalue weighted by Crippen LogP contribution is 2.33. The third-order valence-electron chi connectivity index (χ3n) is 5.18. The summed E-state index contributed by atoms with van der Waals surface area (Å²) in [7, 11) is 0. The van der Waals surface area contributed by atoms with Crippen LogP contribution < -0.4 is 15.0 Å². The third-order valence-corrected chi connectivity index (χ3v) is 6.05. The Morgan fingerprint density at radius 3 is 2.75 bits per heavy atom. The first-order valence-corrected chi connectivity index (χ1v) is 10.4. The largest absolute Gasteiger partial charge is 0.482 e. The van der Waals surface area contributed by atoms with Crippen molar-refractivity contribution < 1.29 is 19.1 Å². The molecule has 1 N–H and O–H groups in total. The quantitative estimate of drug-likeness (QED) is 0.785. The van der Waals surface area contributed by atoms with Crippen LogP contribution in [0.4, 0.5) is 5.69 Å². The maximum absolute atomic E-state index is 12.7. The molecule has 0 saturated heterocycles. The Labute approximate surface area is 167 Å². The second-order valence-corrected chi connectivity index (χ2v) is 8.11. The Balaban J connectivity index is 1.54. The fourth-order valence-electron chi connectivity index (χ4n) is 3.73. The molecule has 6 nitrogen and oxygen atoms in total. The van der Waals surface area contributed by atoms with Gasteiger partial charge < -0.3 is 10.1 Å². The molecule has 1 aliphatic heterocycles. The zero-order valence-electron chi connectivity index (χ0n) is 15.5. The van der Waals surface area contributed by atoms with Crippen molar-refractivity contribution in [2.24, 2.45) is 0 Å². The molecule has 0 radical (unpaired) electrons. The van der Waals surface area contributed by atoms with Crippen molar-refractivity contribution in [3.05, 3.63) is 46.2 Å². The number of rotatable bonds is 5. The van der Waals surface area contributed by atoms with Crippen LogP contribution in [-0.2, 0) is 9.59 Å². The van der Waals surface area contributed by atoms with E-state index in [1.807, 2.05) is 11.4 Å². The summed E-state index contributed by atoms with van der Waals surface area (Å²) in [5.74, 6) is -0.0645. The summed E-state index contributed by atoms with van der Waals surface area (Å²) >= 11 is 1.37. The molecule has 7 heteroatoms. The maximum Gasteiger partial charge on any atom is 0.265 e. The average molecular weight is 398 g/mol. The Hall–Kier alpha value is -2.67. The number of ether oxygens (including phenoxy) is 1. The van der Waals surface area contributed by atoms with Gasteiger partial charge in [-0.15, -0.1) is 11.3 Å². The predicted octanol–water partition coefficient (Wildman–Crippen LogP) is 3.15. The molecular formula is C21H22N2O4S. The van der Waals surface area contributed by atoms with Gasteiger partial charge in [-0.2, -0.15) is 0 Å². The number of hydrogen-bond donors (Lipinski definition) is 1. The van der Waals surface area contributed by atoms with Gasteiger partial charge in [-0.1, -0.05) is 25.3 Å². The van der Waals surface area contributed by atoms with Crippen molar-refractivity contribution >= 4 is 34.6 Å². The Bertz CT molecular complexity index is 888. The van der Waals surface area contributed by atoms with Crippen molar-refractivity contribution in [2.75, 3.05) is 18.1 Å². The lowest BCUT2D eigenvalue weighted by Gasteiger charge is -2.30. The van der Waals surface area contributed by atoms with Crippen molar-refractivity contribution in [1.82, 2.24) is 5.32 Å². The molecule has 2 aliphatic rings. The van der Waals surface area contributed by atoms with E-state index >= 15 is 0 Å². The molecule has 1 aromatic heterocycles. The highest BCUT2D eigenvalue weighted by Gasteiger charge is 2.29. The summed E-state index contributed by atoms with van der Waals surface area (Å²) < 4.78 is 5.49. The number of ketones is 1. The van der Waals surface area contributed by atoms with Crippen LogP contribution in [0, 0.1) is 0 Å². The van der Waals surface area contributed by atoms with Crippen LogP contribution in [-0.4, -0.2) is 36.8 Å². The second kappa shape index (κ2) is 8.14. The van der Waals surface area contributed by atoms with E-state index in [0.29, 0.717) is 21.9 Å². The number of nitrogens with zero attached hydrogens (tertiary/aromatic N) is 1. The predicted molar refractivity (Wildman–Crippen MR) is 107 cm³/mol. The number of hydrogen-bond acceptors (Lipinski definition) is 5. The summed E-state index contributed by atoms with van der Waals surface area (Å²) in [6, 6.07) is 8.80. The molecule has 1 aromatic carbocycles. The first-order valence-electron chi connectivity index (χ1n) is 9.56. The molecule has 2 amide bonds. The van der Waals surface area contributed by atoms with Crippen LogP contribution in [0.25, 0.3) is 0 Å². The van der Waals surface area contributed by atoms with Gasteiger partial charge in [-0.25, -0.2) is 0 Å². The van der Waals surface area contributed by atoms with Crippen molar-refractivity contribution in [2.45, 2.75) is 38.1 Å². The van der Waals surface area contributed by atoms with E-state index < -0.39 is 0 Å². The number of anilines is 1. The monoisotopic (exact) mass is 398 g/mol. The number of amides is 2. The van der Waals surface area contributed by atoms with Gasteiger partial charge in [0, 0.05) is 11.6 Å². The standard InChI is InChI=1S/C21H22N2O4S/c24-19(22-15-5-2-1-3-6-15)12-23-16-11-14(21(26)18-7-4-10-28-18)8-9-17(16)27-13-20(23)25/h4,7-11,15H,1-3,5-6,12-13H2,(H,22,24). The van der Waals surface area contributed by atoms with Gasteiger partial charge in [0.25, 0.3) is 5.91 Å². The van der Waals surface area contributed by atoms with Crippen molar-refractivity contribution in [1.29, 1.82) is 0 Å². The summed E-state index contributed by atoms with van der Waals surface area (Å²) in [5.41, 5.74) is 0.939. The van der Waals surface area contributed by atoms with E-state index in [0.717, 1.165) is 25.7 Å². The fourth-order valence-corrected chi connectivity index (χ4v) is 4.42. The fraction of sp³-hybridized carbons (Fsp3) is 0.381. The van der Waals surface area contributed by atoms with E-state index in [1.165, 1.54) is 22.7 Å². The van der Waals surface area contributed by atoms with E-state index in [1.54, 1.807) is 24.3 Å². The number of carbonyl (C=O) groups is 3. The lowest BCUT2D eigenvalue weighted by Crippen LogP contribution is -2.47. The minimum absolute atomic E-state index is 0.0671. The number of thiophene rings is 1. The number of nitrogens with one attached hydrogen (secondary N) is 1. The summed E-state index contributed by atoms with van der Waals surface area (Å²) in [5, 5.41) is 4.89. The summed E-state index contributed by atoms with van der Waals surface area (Å²) in [4.78, 5) is 39.7. The van der Waals surface area contributed by atoms with Crippen LogP contribution in [0.2, 0.25) is 0 Å². The van der Waals surface area contributed by atoms with Crippen LogP contribution >= 0.6 is 11.3 Å². The zero-order chi connectivity index (χ0) is 19.5. The van der Waals surface area contributed by atoms with Gasteiger partial charge in [0.2, 0.25) is 11.7 Å². The number of fused-ring (bicyclic) bond motifs is 1. The van der Waals surface area contributed by atoms with Gasteiger partial charge >= 0.3 is 0 Å². The van der Waals surface area contributed by atoms with E-state index in [2.05, 4.69) is 5.32 Å². The molecule has 2 aromatic rings. The molecule has 1 fully saturated rings. The Morgan fingerprint density at radius 2 is 2.00 bits per heavy atom. The molecule has 2 heterocycles. The minimum atomic E-state index is -0.285. The first kappa shape index (κ1) is 18.7. The number of benzene rings is 1. The van der Waals surface area contributed by atoms with Crippen molar-refractivity contribution in [3.8, 4) is 5.75 Å². The van der Waals surface area contributed by atoms with Gasteiger partial charge in [0.1, 0.15) is 12.3 Å². The second-order valence-electron chi connectivity index (χ2n) is 7.16. The molecule has 0 bridgehead atoms. The van der Waals surface area contributed by atoms with Crippen LogP contribution in [0.5, 0.6) is 5.75 Å². The van der Waals surface area contributed by atoms with Gasteiger partial charge in [0.05, 0.1) is 10.6 Å². The molecule has 0 atom stereocenters. The summed E-state index contributed by atoms with van der Waals surface area (Å²) in [6.45, 7) is -0.176. The van der Waals surface area contributed by atoms with Crippen LogP contribution in [0.3, 0.4) is 0 Å². The summed E-state index contributed by atoms with van der Waals surface area (Å²) in [6.07, 6.45) is 5.43. The van der Waals surface area contributed by atoms with E-state index in [4.69, 9.17) is 4.74 Å². The Kier molecular flexibility index (Phi) is 5.43. The molecule has 146 valence electrons. The van der Waals surface area contributed by atoms with Crippen LogP contribution in [0.1, 0.15) is 47.3 Å². The van der Waals surface area contributed by atoms with Gasteiger partial charge in [-0.05, 0) is 42.5 Å². The molecule has 1 saturated carbocycles. The highest BCUT2D eigenvalue weighted by molar-refractivity contribution is 7.12. The van der Waals surface area contributed by atoms with Gasteiger partial charge in [0.15, 0.2) is 6.61 Å². The lowest BCUT2D eigenvalue weighted by atomic mass is 9.95. The number of carbonyl (C=O) groups excluding carboxylic acids is 3. The minimum Gasteiger partial charge on any atom is -0.482 e. The first-order chi connectivity index (χ1) is 13.6. The smallest absolute Gasteiger partial charge is 0.265 e. The van der Waals surface area contributed by atoms with E-state index in [-0.39, 0.29) is 36.8 Å². The normalized spacial score (nSPS) is 17.0. The molecule has 1 aliphatic carbocycles. The van der Waals surface area contributed by atoms with Crippen LogP contribution in [0.15, 0.2) is 35.7 Å². The zero-order valence-corrected chi connectivity index (χ0v) is 16.3. The average Bonchev–Trinajstić information content (AvgIpc) is 3.25. The third kappa shape index (κ3) is 3.94. The molecule has 0 spiro atoms. The molecule has 28 heavy (non-hydrogen) atoms. The van der Waals surface area contributed by atoms with E-state index in [9.17, 15) is 14.4 Å². The lowest BCUT2D eigenvalue weighted by molar-refractivity contribution is -0.125. The van der Waals surface area contributed by atoms with Crippen molar-refractivity contribution in [3.63, 3.8) is 0 Å². The molecule has 4 rings (SSSR count).